The number of thiazole rings is 1. The van der Waals surface area contributed by atoms with Crippen molar-refractivity contribution in [2.24, 2.45) is 10.8 Å². The Balaban J connectivity index is 0.652. The average molecular weight is 1120 g/mol. The largest absolute Gasteiger partial charge is 0.495 e. The number of hydrogen-bond acceptors (Lipinski definition) is 12. The van der Waals surface area contributed by atoms with E-state index in [9.17, 15) is 28.4 Å². The van der Waals surface area contributed by atoms with Gasteiger partial charge in [0, 0.05) is 62.2 Å². The first-order chi connectivity index (χ1) is 39.1. The van der Waals surface area contributed by atoms with Crippen LogP contribution in [0.15, 0.2) is 103 Å². The van der Waals surface area contributed by atoms with E-state index in [-0.39, 0.29) is 23.8 Å². The summed E-state index contributed by atoms with van der Waals surface area (Å²) < 4.78 is 32.0. The summed E-state index contributed by atoms with van der Waals surface area (Å²) in [5, 5.41) is 12.5. The van der Waals surface area contributed by atoms with E-state index in [4.69, 9.17) is 14.2 Å². The molecule has 16 nitrogen and oxygen atoms in total. The number of nitrogens with one attached hydrogen (secondary N) is 4. The summed E-state index contributed by atoms with van der Waals surface area (Å²) >= 11 is 1.60. The van der Waals surface area contributed by atoms with Crippen LogP contribution in [-0.2, 0) is 35.3 Å². The molecule has 0 unspecified atom stereocenters. The van der Waals surface area contributed by atoms with Gasteiger partial charge in [0.05, 0.1) is 40.5 Å². The molecule has 0 bridgehead atoms. The molecule has 9 rings (SSSR count). The molecule has 0 radical (unpaired) electrons. The standard InChI is InChI=1S/C63H75FN8O8S/c1-41-56(81-40-67-41)43-17-15-42(16-18-43)39-66-58(74)51-13-12-33-72(51)59(75)57(62(2,3)4)70-55(73)14-10-8-6-7-9-11-36-79-47-28-34-71(35-29-47)52-38-50-49(37-54(52)78-5)53(27-32-65-50)80-48-25-23-46(24-26-48)69-61(77)63(30-31-63)60(76)68-45-21-19-44(64)20-22-45/h15-27,32,37-38,40,47,51,57H,6-14,28-31,33-36,39H2,1-5H3,(H,66,74)(H,68,76)(H,69,77)(H,70,73)/t51-,57+/m0/s1. The third-order valence-electron chi connectivity index (χ3n) is 15.7. The summed E-state index contributed by atoms with van der Waals surface area (Å²) in [6.07, 6.45) is 12.0. The smallest absolute Gasteiger partial charge is 0.246 e. The third-order valence-corrected chi connectivity index (χ3v) is 16.7. The molecule has 4 heterocycles. The molecule has 6 aromatic rings. The first-order valence-corrected chi connectivity index (χ1v) is 29.3. The number of unbranched alkanes of at least 4 members (excludes halogenated alkanes) is 5. The Morgan fingerprint density at radius 1 is 0.790 bits per heavy atom. The van der Waals surface area contributed by atoms with Crippen LogP contribution in [0, 0.1) is 23.6 Å². The number of aromatic nitrogens is 2. The zero-order chi connectivity index (χ0) is 57.1. The van der Waals surface area contributed by atoms with Crippen LogP contribution in [0.4, 0.5) is 21.5 Å². The minimum Gasteiger partial charge on any atom is -0.495 e. The summed E-state index contributed by atoms with van der Waals surface area (Å²) in [6.45, 7) is 11.0. The van der Waals surface area contributed by atoms with Gasteiger partial charge in [0.25, 0.3) is 0 Å². The van der Waals surface area contributed by atoms with Crippen molar-refractivity contribution in [2.45, 2.75) is 136 Å². The lowest BCUT2D eigenvalue weighted by molar-refractivity contribution is -0.143. The van der Waals surface area contributed by atoms with Crippen molar-refractivity contribution in [3.8, 4) is 27.7 Å². The maximum Gasteiger partial charge on any atom is 0.246 e. The number of fused-ring (bicyclic) bond motifs is 1. The molecule has 81 heavy (non-hydrogen) atoms. The van der Waals surface area contributed by atoms with Crippen molar-refractivity contribution in [1.29, 1.82) is 0 Å². The highest BCUT2D eigenvalue weighted by Gasteiger charge is 2.56. The van der Waals surface area contributed by atoms with Gasteiger partial charge in [-0.25, -0.2) is 9.37 Å². The predicted octanol–water partition coefficient (Wildman–Crippen LogP) is 11.5. The van der Waals surface area contributed by atoms with Crippen LogP contribution in [0.1, 0.15) is 115 Å². The van der Waals surface area contributed by atoms with Crippen LogP contribution < -0.4 is 35.6 Å². The van der Waals surface area contributed by atoms with Gasteiger partial charge in [-0.15, -0.1) is 11.3 Å². The number of carbonyl (C=O) groups excluding carboxylic acids is 5. The lowest BCUT2D eigenvalue weighted by atomic mass is 9.85. The topological polar surface area (TPSA) is 193 Å². The number of amides is 5. The Morgan fingerprint density at radius 2 is 1.46 bits per heavy atom. The lowest BCUT2D eigenvalue weighted by Gasteiger charge is -2.35. The Kier molecular flexibility index (Phi) is 19.0. The van der Waals surface area contributed by atoms with Crippen LogP contribution in [-0.4, -0.2) is 95.9 Å². The quantitative estimate of drug-likeness (QED) is 0.0333. The van der Waals surface area contributed by atoms with Crippen molar-refractivity contribution in [3.63, 3.8) is 0 Å². The molecule has 5 amide bonds. The van der Waals surface area contributed by atoms with E-state index in [2.05, 4.69) is 36.1 Å². The zero-order valence-electron chi connectivity index (χ0n) is 47.1. The molecule has 4 N–H and O–H groups in total. The first kappa shape index (κ1) is 58.2. The van der Waals surface area contributed by atoms with E-state index in [1.807, 2.05) is 69.6 Å². The first-order valence-electron chi connectivity index (χ1n) is 28.5. The summed E-state index contributed by atoms with van der Waals surface area (Å²) in [5.74, 6) is 0.114. The van der Waals surface area contributed by atoms with Crippen molar-refractivity contribution in [3.05, 3.63) is 120 Å². The highest BCUT2D eigenvalue weighted by molar-refractivity contribution is 7.13. The number of carbonyl (C=O) groups is 5. The molecular weight excluding hydrogens is 1050 g/mol. The monoisotopic (exact) mass is 1120 g/mol. The minimum atomic E-state index is -1.18. The number of rotatable bonds is 24. The maximum atomic E-state index is 14.1. The second-order valence-electron chi connectivity index (χ2n) is 22.6. The average Bonchev–Trinajstić information content (AvgIpc) is 4.11. The molecule has 1 saturated carbocycles. The number of benzene rings is 4. The molecule has 4 aromatic carbocycles. The van der Waals surface area contributed by atoms with Crippen LogP contribution in [0.2, 0.25) is 0 Å². The number of hydrogen-bond donors (Lipinski definition) is 4. The Morgan fingerprint density at radius 3 is 2.10 bits per heavy atom. The summed E-state index contributed by atoms with van der Waals surface area (Å²) in [5.41, 5.74) is 5.86. The fourth-order valence-electron chi connectivity index (χ4n) is 10.7. The number of likely N-dealkylation sites (tertiary alicyclic amines) is 1. The van der Waals surface area contributed by atoms with E-state index in [1.165, 1.54) is 24.3 Å². The summed E-state index contributed by atoms with van der Waals surface area (Å²) in [6, 6.07) is 25.0. The number of anilines is 3. The van der Waals surface area contributed by atoms with Crippen LogP contribution >= 0.6 is 11.3 Å². The molecule has 18 heteroatoms. The van der Waals surface area contributed by atoms with Crippen molar-refractivity contribution < 1.29 is 42.6 Å². The van der Waals surface area contributed by atoms with Crippen molar-refractivity contribution >= 4 is 68.8 Å². The van der Waals surface area contributed by atoms with Gasteiger partial charge in [0.1, 0.15) is 40.6 Å². The van der Waals surface area contributed by atoms with Gasteiger partial charge in [0.15, 0.2) is 0 Å². The molecule has 2 atom stereocenters. The van der Waals surface area contributed by atoms with Crippen molar-refractivity contribution in [2.75, 3.05) is 48.9 Å². The minimum absolute atomic E-state index is 0.139. The fourth-order valence-corrected chi connectivity index (χ4v) is 11.5. The van der Waals surface area contributed by atoms with E-state index in [0.717, 1.165) is 109 Å². The second kappa shape index (κ2) is 26.4. The Hall–Kier alpha value is -7.44. The molecule has 2 saturated heterocycles. The van der Waals surface area contributed by atoms with E-state index in [0.29, 0.717) is 74.0 Å². The highest BCUT2D eigenvalue weighted by Crippen LogP contribution is 2.48. The van der Waals surface area contributed by atoms with Crippen LogP contribution in [0.25, 0.3) is 21.3 Å². The van der Waals surface area contributed by atoms with Gasteiger partial charge >= 0.3 is 0 Å². The molecule has 2 aliphatic heterocycles. The lowest BCUT2D eigenvalue weighted by Crippen LogP contribution is -2.57. The number of piperidine rings is 1. The summed E-state index contributed by atoms with van der Waals surface area (Å²) in [7, 11) is 1.66. The Bertz CT molecular complexity index is 3150. The number of halogens is 1. The molecule has 428 valence electrons. The number of nitrogens with zero attached hydrogens (tertiary/aromatic N) is 4. The molecular formula is C63H75FN8O8S. The third kappa shape index (κ3) is 14.7. The van der Waals surface area contributed by atoms with Gasteiger partial charge in [-0.1, -0.05) is 70.7 Å². The number of ether oxygens (including phenoxy) is 3. The van der Waals surface area contributed by atoms with Crippen LogP contribution in [0.3, 0.4) is 0 Å². The molecule has 0 spiro atoms. The normalized spacial score (nSPS) is 16.4. The van der Waals surface area contributed by atoms with Gasteiger partial charge in [-0.3, -0.25) is 29.0 Å². The van der Waals surface area contributed by atoms with Gasteiger partial charge in [0.2, 0.25) is 29.5 Å². The van der Waals surface area contributed by atoms with Gasteiger partial charge < -0.3 is 45.3 Å². The maximum absolute atomic E-state index is 14.1. The van der Waals surface area contributed by atoms with E-state index >= 15 is 0 Å². The van der Waals surface area contributed by atoms with Crippen LogP contribution in [0.5, 0.6) is 17.2 Å². The predicted molar refractivity (Wildman–Crippen MR) is 314 cm³/mol. The number of pyridine rings is 1. The highest BCUT2D eigenvalue weighted by atomic mass is 32.1. The molecule has 3 fully saturated rings. The number of methoxy groups -OCH3 is 1. The fraction of sp³-hybridized carbons (Fsp3) is 0.444. The SMILES string of the molecule is COc1cc2c(Oc3ccc(NC(=O)C4(C(=O)Nc5ccc(F)cc5)CC4)cc3)ccnc2cc1N1CCC(OCCCCCCCCC(=O)N[C@H](C(=O)N2CCC[C@H]2C(=O)NCc2ccc(-c3scnc3C)cc2)C(C)(C)C)CC1. The van der Waals surface area contributed by atoms with Crippen molar-refractivity contribution in [1.82, 2.24) is 25.5 Å². The molecule has 1 aliphatic carbocycles. The van der Waals surface area contributed by atoms with E-state index < -0.39 is 40.5 Å². The van der Waals surface area contributed by atoms with Gasteiger partial charge in [-0.2, -0.15) is 0 Å². The zero-order valence-corrected chi connectivity index (χ0v) is 47.9. The molecule has 2 aromatic heterocycles. The molecule has 3 aliphatic rings. The van der Waals surface area contributed by atoms with E-state index in [1.54, 1.807) is 59.9 Å². The van der Waals surface area contributed by atoms with Gasteiger partial charge in [-0.05, 0) is 142 Å². The summed E-state index contributed by atoms with van der Waals surface area (Å²) in [4.78, 5) is 81.2. The Labute approximate surface area is 477 Å². The second-order valence-corrected chi connectivity index (χ2v) is 23.5. The number of aryl methyl sites for hydroxylation is 1.